The number of H-pyrrole nitrogens is 1. The quantitative estimate of drug-likeness (QED) is 0.399. The molecule has 0 aliphatic carbocycles. The normalized spacial score (nSPS) is 12.5. The standard InChI is InChI=1S/C26H17F2N7/c27-13-17-1-4-18-14-35(15-19(18)11-17)26-30-10-8-23(32-26)25-29-9-7-20(31-25)5-2-16-3-6-22-21(12-16)24(28)34-33-22/h1,3-4,6-12H,13-15H2,(H,33,34). The summed E-state index contributed by atoms with van der Waals surface area (Å²) in [6.07, 6.45) is 3.29. The Labute approximate surface area is 198 Å². The Hall–Kier alpha value is -4.71. The number of hydrogen-bond donors (Lipinski definition) is 1. The van der Waals surface area contributed by atoms with Crippen molar-refractivity contribution < 1.29 is 8.78 Å². The van der Waals surface area contributed by atoms with Gasteiger partial charge >= 0.3 is 0 Å². The Balaban J connectivity index is 1.25. The highest BCUT2D eigenvalue weighted by Crippen LogP contribution is 2.28. The van der Waals surface area contributed by atoms with E-state index in [1.165, 1.54) is 0 Å². The summed E-state index contributed by atoms with van der Waals surface area (Å²) in [5, 5.41) is 6.58. The lowest BCUT2D eigenvalue weighted by molar-refractivity contribution is 0.485. The number of halogens is 2. The van der Waals surface area contributed by atoms with E-state index in [-0.39, 0.29) is 0 Å². The van der Waals surface area contributed by atoms with Crippen LogP contribution in [-0.4, -0.2) is 30.1 Å². The Bertz CT molecular complexity index is 1630. The molecule has 1 N–H and O–H groups in total. The van der Waals surface area contributed by atoms with Gasteiger partial charge in [-0.25, -0.2) is 24.3 Å². The molecule has 1 aliphatic heterocycles. The summed E-state index contributed by atoms with van der Waals surface area (Å²) in [6, 6.07) is 14.3. The third kappa shape index (κ3) is 4.06. The molecule has 0 unspecified atom stereocenters. The number of nitrogens with one attached hydrogen (secondary N) is 1. The summed E-state index contributed by atoms with van der Waals surface area (Å²) in [6.45, 7) is 0.782. The van der Waals surface area contributed by atoms with Gasteiger partial charge in [0.1, 0.15) is 18.1 Å². The van der Waals surface area contributed by atoms with Gasteiger partial charge in [0.05, 0.1) is 10.9 Å². The van der Waals surface area contributed by atoms with Crippen molar-refractivity contribution in [2.75, 3.05) is 4.90 Å². The Morgan fingerprint density at radius 1 is 0.914 bits per heavy atom. The van der Waals surface area contributed by atoms with Crippen molar-refractivity contribution in [1.29, 1.82) is 0 Å². The van der Waals surface area contributed by atoms with Gasteiger partial charge in [0.25, 0.3) is 0 Å². The zero-order valence-corrected chi connectivity index (χ0v) is 18.3. The van der Waals surface area contributed by atoms with E-state index in [0.29, 0.717) is 58.3 Å². The van der Waals surface area contributed by atoms with Crippen LogP contribution in [0.4, 0.5) is 14.7 Å². The third-order valence-corrected chi connectivity index (χ3v) is 5.81. The molecule has 9 heteroatoms. The van der Waals surface area contributed by atoms with Gasteiger partial charge in [-0.05, 0) is 52.9 Å². The fourth-order valence-electron chi connectivity index (χ4n) is 4.05. The van der Waals surface area contributed by atoms with Crippen LogP contribution in [0.1, 0.15) is 27.9 Å². The van der Waals surface area contributed by atoms with Gasteiger partial charge < -0.3 is 4.90 Å². The van der Waals surface area contributed by atoms with Gasteiger partial charge in [-0.3, -0.25) is 5.10 Å². The molecule has 0 amide bonds. The highest BCUT2D eigenvalue weighted by Gasteiger charge is 2.22. The summed E-state index contributed by atoms with van der Waals surface area (Å²) >= 11 is 0. The fourth-order valence-corrected chi connectivity index (χ4v) is 4.05. The maximum atomic E-state index is 13.7. The summed E-state index contributed by atoms with van der Waals surface area (Å²) < 4.78 is 26.8. The van der Waals surface area contributed by atoms with E-state index in [4.69, 9.17) is 0 Å². The van der Waals surface area contributed by atoms with Crippen molar-refractivity contribution in [3.05, 3.63) is 94.8 Å². The van der Waals surface area contributed by atoms with Crippen molar-refractivity contribution >= 4 is 16.9 Å². The first kappa shape index (κ1) is 20.9. The minimum absolute atomic E-state index is 0.388. The average Bonchev–Trinajstić information content (AvgIpc) is 3.50. The van der Waals surface area contributed by atoms with Crippen molar-refractivity contribution in [2.24, 2.45) is 0 Å². The highest BCUT2D eigenvalue weighted by molar-refractivity contribution is 5.80. The van der Waals surface area contributed by atoms with E-state index < -0.39 is 12.6 Å². The highest BCUT2D eigenvalue weighted by atomic mass is 19.1. The van der Waals surface area contributed by atoms with E-state index in [1.54, 1.807) is 42.7 Å². The number of rotatable bonds is 3. The van der Waals surface area contributed by atoms with Gasteiger partial charge in [-0.15, -0.1) is 5.10 Å². The van der Waals surface area contributed by atoms with E-state index in [9.17, 15) is 8.78 Å². The Kier molecular flexibility index (Phi) is 5.11. The van der Waals surface area contributed by atoms with Crippen LogP contribution in [0, 0.1) is 17.8 Å². The van der Waals surface area contributed by atoms with Crippen molar-refractivity contribution in [1.82, 2.24) is 30.1 Å². The largest absolute Gasteiger partial charge is 0.332 e. The number of aromatic nitrogens is 6. The molecule has 1 aliphatic rings. The molecule has 0 bridgehead atoms. The van der Waals surface area contributed by atoms with E-state index in [1.807, 2.05) is 23.1 Å². The van der Waals surface area contributed by atoms with Crippen LogP contribution in [0.3, 0.4) is 0 Å². The van der Waals surface area contributed by atoms with Gasteiger partial charge in [-0.1, -0.05) is 24.1 Å². The fraction of sp³-hybridized carbons (Fsp3) is 0.115. The van der Waals surface area contributed by atoms with Gasteiger partial charge in [-0.2, -0.15) is 4.39 Å². The SMILES string of the molecule is FCc1ccc2c(c1)CN(c1nccc(-c3nccc(C#Cc4ccc5[nH]nc(F)c5c4)n3)n1)C2. The predicted octanol–water partition coefficient (Wildman–Crippen LogP) is 4.34. The molecule has 3 aromatic heterocycles. The molecule has 170 valence electrons. The molecule has 0 spiro atoms. The lowest BCUT2D eigenvalue weighted by Crippen LogP contribution is -2.17. The van der Waals surface area contributed by atoms with Crippen LogP contribution >= 0.6 is 0 Å². The van der Waals surface area contributed by atoms with Crippen LogP contribution in [0.5, 0.6) is 0 Å². The number of hydrogen-bond acceptors (Lipinski definition) is 6. The number of anilines is 1. The first-order chi connectivity index (χ1) is 17.2. The Morgan fingerprint density at radius 3 is 2.71 bits per heavy atom. The second-order valence-electron chi connectivity index (χ2n) is 8.12. The third-order valence-electron chi connectivity index (χ3n) is 5.81. The Morgan fingerprint density at radius 2 is 1.80 bits per heavy atom. The van der Waals surface area contributed by atoms with E-state index >= 15 is 0 Å². The number of benzene rings is 2. The molecule has 35 heavy (non-hydrogen) atoms. The summed E-state index contributed by atoms with van der Waals surface area (Å²) in [4.78, 5) is 20.0. The van der Waals surface area contributed by atoms with Crippen LogP contribution in [0.2, 0.25) is 0 Å². The maximum absolute atomic E-state index is 13.7. The molecule has 4 heterocycles. The molecule has 0 fully saturated rings. The number of alkyl halides is 1. The number of nitrogens with zero attached hydrogens (tertiary/aromatic N) is 6. The minimum atomic E-state index is -0.559. The minimum Gasteiger partial charge on any atom is -0.332 e. The second-order valence-corrected chi connectivity index (χ2v) is 8.12. The van der Waals surface area contributed by atoms with Gasteiger partial charge in [0, 0.05) is 31.0 Å². The molecule has 0 saturated carbocycles. The van der Waals surface area contributed by atoms with Crippen LogP contribution in [0.25, 0.3) is 22.4 Å². The second kappa shape index (κ2) is 8.57. The molecule has 0 saturated heterocycles. The molecule has 5 aromatic rings. The topological polar surface area (TPSA) is 83.5 Å². The lowest BCUT2D eigenvalue weighted by atomic mass is 10.1. The molecular formula is C26H17F2N7. The number of fused-ring (bicyclic) bond motifs is 2. The zero-order valence-electron chi connectivity index (χ0n) is 18.3. The monoisotopic (exact) mass is 465 g/mol. The van der Waals surface area contributed by atoms with Gasteiger partial charge in [0.2, 0.25) is 11.9 Å². The first-order valence-electron chi connectivity index (χ1n) is 10.9. The van der Waals surface area contributed by atoms with Crippen molar-refractivity contribution in [3.8, 4) is 23.4 Å². The predicted molar refractivity (Wildman–Crippen MR) is 126 cm³/mol. The van der Waals surface area contributed by atoms with Gasteiger partial charge in [0.15, 0.2) is 5.82 Å². The molecule has 0 radical (unpaired) electrons. The van der Waals surface area contributed by atoms with E-state index in [2.05, 4.69) is 42.0 Å². The molecule has 2 aromatic carbocycles. The lowest BCUT2D eigenvalue weighted by Gasteiger charge is -2.15. The van der Waals surface area contributed by atoms with Crippen molar-refractivity contribution in [3.63, 3.8) is 0 Å². The maximum Gasteiger partial charge on any atom is 0.240 e. The van der Waals surface area contributed by atoms with Crippen LogP contribution in [-0.2, 0) is 19.8 Å². The zero-order chi connectivity index (χ0) is 23.8. The first-order valence-corrected chi connectivity index (χ1v) is 10.9. The summed E-state index contributed by atoms with van der Waals surface area (Å²) in [5.41, 5.74) is 5.22. The van der Waals surface area contributed by atoms with Crippen LogP contribution < -0.4 is 4.90 Å². The van der Waals surface area contributed by atoms with Crippen molar-refractivity contribution in [2.45, 2.75) is 19.8 Å². The smallest absolute Gasteiger partial charge is 0.240 e. The molecule has 7 nitrogen and oxygen atoms in total. The molecule has 6 rings (SSSR count). The van der Waals surface area contributed by atoms with Crippen LogP contribution in [0.15, 0.2) is 60.9 Å². The molecule has 0 atom stereocenters. The van der Waals surface area contributed by atoms with E-state index in [0.717, 1.165) is 11.1 Å². The molecular weight excluding hydrogens is 448 g/mol. The number of aromatic amines is 1. The summed E-state index contributed by atoms with van der Waals surface area (Å²) in [7, 11) is 0. The average molecular weight is 465 g/mol. The summed E-state index contributed by atoms with van der Waals surface area (Å²) in [5.74, 6) is 6.43.